The summed E-state index contributed by atoms with van der Waals surface area (Å²) in [6, 6.07) is 13.7. The van der Waals surface area contributed by atoms with Crippen molar-refractivity contribution in [2.45, 2.75) is 38.8 Å². The molecular weight excluding hydrogens is 517 g/mol. The molecule has 0 aliphatic carbocycles. The number of nitrogens with one attached hydrogen (secondary N) is 2. The molecule has 0 amide bonds. The minimum absolute atomic E-state index is 0. The number of rotatable bonds is 6. The van der Waals surface area contributed by atoms with Gasteiger partial charge in [-0.3, -0.25) is 9.89 Å². The molecule has 170 valence electrons. The van der Waals surface area contributed by atoms with Crippen LogP contribution in [-0.2, 0) is 6.54 Å². The van der Waals surface area contributed by atoms with Crippen LogP contribution in [0.3, 0.4) is 0 Å². The molecular formula is C24H36IN5S. The first-order valence-electron chi connectivity index (χ1n) is 11.2. The van der Waals surface area contributed by atoms with Crippen LogP contribution in [0.4, 0.5) is 5.69 Å². The van der Waals surface area contributed by atoms with Gasteiger partial charge in [-0.25, -0.2) is 0 Å². The predicted octanol–water partition coefficient (Wildman–Crippen LogP) is 4.33. The number of benzene rings is 1. The standard InChI is InChI=1S/C24H35N5S.HI/c1-19-5-7-22(8-6-19)29-14-11-21(17-29)27-24(25-2)26-16-20-9-12-28(13-10-20)18-23-4-3-15-30-23;/h3-8,15,20-21H,9-14,16-18H2,1-2H3,(H2,25,26,27);1H. The van der Waals surface area contributed by atoms with Crippen molar-refractivity contribution in [2.24, 2.45) is 10.9 Å². The molecule has 2 N–H and O–H groups in total. The molecule has 5 nitrogen and oxygen atoms in total. The molecule has 2 aliphatic heterocycles. The number of hydrogen-bond acceptors (Lipinski definition) is 4. The van der Waals surface area contributed by atoms with Gasteiger partial charge in [-0.15, -0.1) is 35.3 Å². The number of halogens is 1. The molecule has 2 saturated heterocycles. The van der Waals surface area contributed by atoms with Crippen LogP contribution in [0.5, 0.6) is 0 Å². The molecule has 3 heterocycles. The molecule has 1 unspecified atom stereocenters. The van der Waals surface area contributed by atoms with Gasteiger partial charge in [0.1, 0.15) is 0 Å². The van der Waals surface area contributed by atoms with E-state index in [1.165, 1.54) is 42.1 Å². The number of piperidine rings is 1. The van der Waals surface area contributed by atoms with Gasteiger partial charge in [-0.05, 0) is 68.8 Å². The molecule has 4 rings (SSSR count). The van der Waals surface area contributed by atoms with Crippen LogP contribution < -0.4 is 15.5 Å². The molecule has 2 fully saturated rings. The highest BCUT2D eigenvalue weighted by Gasteiger charge is 2.24. The highest BCUT2D eigenvalue weighted by molar-refractivity contribution is 14.0. The molecule has 1 aromatic carbocycles. The lowest BCUT2D eigenvalue weighted by molar-refractivity contribution is 0.179. The number of aryl methyl sites for hydroxylation is 1. The molecule has 0 bridgehead atoms. The van der Waals surface area contributed by atoms with Gasteiger partial charge < -0.3 is 15.5 Å². The summed E-state index contributed by atoms with van der Waals surface area (Å²) in [6.45, 7) is 8.79. The van der Waals surface area contributed by atoms with Crippen molar-refractivity contribution in [1.29, 1.82) is 0 Å². The maximum atomic E-state index is 4.48. The predicted molar refractivity (Wildman–Crippen MR) is 144 cm³/mol. The highest BCUT2D eigenvalue weighted by atomic mass is 127. The van der Waals surface area contributed by atoms with E-state index in [-0.39, 0.29) is 24.0 Å². The fraction of sp³-hybridized carbons (Fsp3) is 0.542. The topological polar surface area (TPSA) is 42.9 Å². The second-order valence-corrected chi connectivity index (χ2v) is 9.70. The molecule has 0 saturated carbocycles. The minimum atomic E-state index is 0. The van der Waals surface area contributed by atoms with Gasteiger partial charge in [0.15, 0.2) is 5.96 Å². The SMILES string of the molecule is CN=C(NCC1CCN(Cc2cccs2)CC1)NC1CCN(c2ccc(C)cc2)C1.I. The zero-order chi connectivity index (χ0) is 20.8. The zero-order valence-electron chi connectivity index (χ0n) is 18.7. The number of aliphatic imine (C=N–C) groups is 1. The first kappa shape index (κ1) is 24.3. The van der Waals surface area contributed by atoms with Gasteiger partial charge in [-0.1, -0.05) is 23.8 Å². The van der Waals surface area contributed by atoms with E-state index in [0.717, 1.165) is 44.5 Å². The van der Waals surface area contributed by atoms with Crippen LogP contribution in [-0.4, -0.2) is 56.7 Å². The van der Waals surface area contributed by atoms with E-state index in [1.54, 1.807) is 0 Å². The van der Waals surface area contributed by atoms with E-state index in [0.29, 0.717) is 6.04 Å². The molecule has 1 atom stereocenters. The Morgan fingerprint density at radius 3 is 2.55 bits per heavy atom. The van der Waals surface area contributed by atoms with Crippen molar-refractivity contribution in [1.82, 2.24) is 15.5 Å². The van der Waals surface area contributed by atoms with Gasteiger partial charge in [0.25, 0.3) is 0 Å². The van der Waals surface area contributed by atoms with Crippen LogP contribution in [0, 0.1) is 12.8 Å². The van der Waals surface area contributed by atoms with Crippen LogP contribution in [0.1, 0.15) is 29.7 Å². The number of guanidine groups is 1. The first-order valence-corrected chi connectivity index (χ1v) is 12.1. The summed E-state index contributed by atoms with van der Waals surface area (Å²) >= 11 is 1.87. The maximum absolute atomic E-state index is 4.48. The van der Waals surface area contributed by atoms with Crippen LogP contribution >= 0.6 is 35.3 Å². The Morgan fingerprint density at radius 2 is 1.87 bits per heavy atom. The lowest BCUT2D eigenvalue weighted by atomic mass is 9.97. The lowest BCUT2D eigenvalue weighted by Crippen LogP contribution is -2.47. The summed E-state index contributed by atoms with van der Waals surface area (Å²) in [4.78, 5) is 11.0. The second-order valence-electron chi connectivity index (χ2n) is 8.66. The van der Waals surface area contributed by atoms with Crippen LogP contribution in [0.2, 0.25) is 0 Å². The van der Waals surface area contributed by atoms with Gasteiger partial charge in [0.05, 0.1) is 0 Å². The van der Waals surface area contributed by atoms with Crippen molar-refractivity contribution in [3.05, 3.63) is 52.2 Å². The molecule has 0 radical (unpaired) electrons. The van der Waals surface area contributed by atoms with E-state index in [4.69, 9.17) is 0 Å². The van der Waals surface area contributed by atoms with Crippen LogP contribution in [0.15, 0.2) is 46.8 Å². The van der Waals surface area contributed by atoms with E-state index >= 15 is 0 Å². The Hall–Kier alpha value is -1.32. The van der Waals surface area contributed by atoms with Gasteiger partial charge in [-0.2, -0.15) is 0 Å². The summed E-state index contributed by atoms with van der Waals surface area (Å²) in [5.41, 5.74) is 2.64. The average Bonchev–Trinajstić information content (AvgIpc) is 3.45. The molecule has 1 aromatic heterocycles. The minimum Gasteiger partial charge on any atom is -0.369 e. The Kier molecular flexibility index (Phi) is 9.47. The Balaban J connectivity index is 0.00000272. The van der Waals surface area contributed by atoms with Crippen molar-refractivity contribution in [3.8, 4) is 0 Å². The number of likely N-dealkylation sites (tertiary alicyclic amines) is 1. The number of nitrogens with zero attached hydrogens (tertiary/aromatic N) is 3. The molecule has 7 heteroatoms. The number of thiophene rings is 1. The molecule has 0 spiro atoms. The fourth-order valence-corrected chi connectivity index (χ4v) is 5.21. The van der Waals surface area contributed by atoms with Gasteiger partial charge in [0.2, 0.25) is 0 Å². The molecule has 2 aliphatic rings. The zero-order valence-corrected chi connectivity index (χ0v) is 21.9. The summed E-state index contributed by atoms with van der Waals surface area (Å²) in [6.07, 6.45) is 3.68. The number of hydrogen-bond donors (Lipinski definition) is 2. The van der Waals surface area contributed by atoms with Gasteiger partial charge >= 0.3 is 0 Å². The quantitative estimate of drug-likeness (QED) is 0.318. The molecule has 2 aromatic rings. The van der Waals surface area contributed by atoms with Crippen molar-refractivity contribution in [2.75, 3.05) is 44.7 Å². The van der Waals surface area contributed by atoms with Gasteiger partial charge in [0, 0.05) is 49.8 Å². The summed E-state index contributed by atoms with van der Waals surface area (Å²) in [5, 5.41) is 9.41. The second kappa shape index (κ2) is 12.1. The summed E-state index contributed by atoms with van der Waals surface area (Å²) < 4.78 is 0. The van der Waals surface area contributed by atoms with E-state index in [1.807, 2.05) is 18.4 Å². The number of anilines is 1. The lowest BCUT2D eigenvalue weighted by Gasteiger charge is -2.32. The van der Waals surface area contributed by atoms with E-state index in [9.17, 15) is 0 Å². The Bertz CT molecular complexity index is 800. The highest BCUT2D eigenvalue weighted by Crippen LogP contribution is 2.22. The normalized spacial score (nSPS) is 20.5. The third kappa shape index (κ3) is 7.08. The van der Waals surface area contributed by atoms with E-state index < -0.39 is 0 Å². The monoisotopic (exact) mass is 553 g/mol. The third-order valence-corrected chi connectivity index (χ3v) is 7.24. The summed E-state index contributed by atoms with van der Waals surface area (Å²) in [7, 11) is 1.88. The largest absolute Gasteiger partial charge is 0.369 e. The van der Waals surface area contributed by atoms with Crippen molar-refractivity contribution in [3.63, 3.8) is 0 Å². The molecule has 31 heavy (non-hydrogen) atoms. The first-order chi connectivity index (χ1) is 14.7. The third-order valence-electron chi connectivity index (χ3n) is 6.38. The summed E-state index contributed by atoms with van der Waals surface area (Å²) in [5.74, 6) is 1.68. The van der Waals surface area contributed by atoms with Crippen molar-refractivity contribution < 1.29 is 0 Å². The Labute approximate surface area is 208 Å². The Morgan fingerprint density at radius 1 is 1.10 bits per heavy atom. The van der Waals surface area contributed by atoms with E-state index in [2.05, 4.69) is 74.1 Å². The fourth-order valence-electron chi connectivity index (χ4n) is 4.47. The maximum Gasteiger partial charge on any atom is 0.191 e. The van der Waals surface area contributed by atoms with Crippen LogP contribution in [0.25, 0.3) is 0 Å². The smallest absolute Gasteiger partial charge is 0.191 e. The average molecular weight is 554 g/mol. The van der Waals surface area contributed by atoms with Crippen molar-refractivity contribution >= 4 is 47.0 Å².